The van der Waals surface area contributed by atoms with Crippen molar-refractivity contribution < 1.29 is 23.1 Å². The fourth-order valence-electron chi connectivity index (χ4n) is 2.34. The van der Waals surface area contributed by atoms with E-state index >= 15 is 0 Å². The van der Waals surface area contributed by atoms with Crippen LogP contribution in [0.15, 0.2) is 34.2 Å². The van der Waals surface area contributed by atoms with Crippen LogP contribution in [0.25, 0.3) is 0 Å². The molecule has 1 heterocycles. The maximum Gasteiger partial charge on any atom is 0.335 e. The van der Waals surface area contributed by atoms with E-state index in [-0.39, 0.29) is 16.2 Å². The Hall–Kier alpha value is -1.86. The lowest BCUT2D eigenvalue weighted by Gasteiger charge is -2.28. The molecule has 0 atom stereocenters. The second kappa shape index (κ2) is 6.10. The Balaban J connectivity index is 2.44. The van der Waals surface area contributed by atoms with E-state index in [1.807, 2.05) is 13.8 Å². The molecule has 7 heteroatoms. The molecule has 0 unspecified atom stereocenters. The van der Waals surface area contributed by atoms with Crippen molar-refractivity contribution in [3.8, 4) is 5.75 Å². The molecule has 0 fully saturated rings. The quantitative estimate of drug-likeness (QED) is 0.857. The molecule has 0 amide bonds. The molecule has 0 radical (unpaired) electrons. The number of hydrogen-bond donors (Lipinski definition) is 1. The van der Waals surface area contributed by atoms with Crippen LogP contribution in [0.5, 0.6) is 5.75 Å². The molecule has 0 saturated heterocycles. The van der Waals surface area contributed by atoms with Gasteiger partial charge in [0.15, 0.2) is 0 Å². The molecule has 1 aromatic carbocycles. The number of carboxylic acids is 1. The van der Waals surface area contributed by atoms with Crippen LogP contribution >= 0.6 is 0 Å². The zero-order valence-electron chi connectivity index (χ0n) is 12.8. The average molecular weight is 325 g/mol. The van der Waals surface area contributed by atoms with Crippen LogP contribution in [0, 0.1) is 0 Å². The van der Waals surface area contributed by atoms with Crippen molar-refractivity contribution in [3.05, 3.63) is 34.9 Å². The number of sulfonamides is 1. The zero-order chi connectivity index (χ0) is 16.5. The third-order valence-corrected chi connectivity index (χ3v) is 5.79. The van der Waals surface area contributed by atoms with Crippen LogP contribution in [0.2, 0.25) is 0 Å². The van der Waals surface area contributed by atoms with Gasteiger partial charge in [0.05, 0.1) is 12.7 Å². The highest BCUT2D eigenvalue weighted by Crippen LogP contribution is 2.30. The number of ether oxygens (including phenoxy) is 1. The molecule has 0 aromatic heterocycles. The summed E-state index contributed by atoms with van der Waals surface area (Å²) in [7, 11) is -2.40. The largest absolute Gasteiger partial charge is 0.495 e. The maximum atomic E-state index is 12.8. The fraction of sp³-hybridized carbons (Fsp3) is 0.400. The molecule has 0 saturated carbocycles. The van der Waals surface area contributed by atoms with Gasteiger partial charge in [-0.2, -0.15) is 4.31 Å². The minimum absolute atomic E-state index is 0.00708. The Morgan fingerprint density at radius 1 is 1.27 bits per heavy atom. The van der Waals surface area contributed by atoms with E-state index in [1.165, 1.54) is 35.2 Å². The first kappa shape index (κ1) is 16.5. The minimum Gasteiger partial charge on any atom is -0.495 e. The lowest BCUT2D eigenvalue weighted by molar-refractivity contribution is 0.0696. The lowest BCUT2D eigenvalue weighted by atomic mass is 10.1. The number of benzene rings is 1. The topological polar surface area (TPSA) is 83.9 Å². The van der Waals surface area contributed by atoms with Gasteiger partial charge in [0.25, 0.3) is 0 Å². The molecule has 120 valence electrons. The summed E-state index contributed by atoms with van der Waals surface area (Å²) in [5.74, 6) is -1.08. The number of carbonyl (C=O) groups is 1. The molecule has 0 aliphatic carbocycles. The number of aromatic carboxylic acids is 1. The fourth-order valence-corrected chi connectivity index (χ4v) is 3.95. The Labute approximate surface area is 130 Å². The van der Waals surface area contributed by atoms with Gasteiger partial charge in [-0.15, -0.1) is 0 Å². The number of rotatable bonds is 4. The van der Waals surface area contributed by atoms with Crippen LogP contribution < -0.4 is 4.74 Å². The first-order chi connectivity index (χ1) is 10.3. The van der Waals surface area contributed by atoms with Gasteiger partial charge in [0, 0.05) is 13.1 Å². The van der Waals surface area contributed by atoms with Crippen LogP contribution in [0.3, 0.4) is 0 Å². The second-order valence-electron chi connectivity index (χ2n) is 5.32. The molecule has 0 bridgehead atoms. The molecule has 1 aliphatic heterocycles. The molecule has 22 heavy (non-hydrogen) atoms. The zero-order valence-corrected chi connectivity index (χ0v) is 13.6. The summed E-state index contributed by atoms with van der Waals surface area (Å²) in [4.78, 5) is 11.0. The number of hydrogen-bond acceptors (Lipinski definition) is 4. The summed E-state index contributed by atoms with van der Waals surface area (Å²) in [6.45, 7) is 4.68. The Bertz CT molecular complexity index is 736. The van der Waals surface area contributed by atoms with Crippen LogP contribution in [-0.4, -0.2) is 44.0 Å². The van der Waals surface area contributed by atoms with Gasteiger partial charge in [-0.05, 0) is 38.5 Å². The van der Waals surface area contributed by atoms with Crippen LogP contribution in [-0.2, 0) is 10.0 Å². The molecule has 1 aromatic rings. The summed E-state index contributed by atoms with van der Waals surface area (Å²) in [5, 5.41) is 8.99. The van der Waals surface area contributed by atoms with E-state index in [9.17, 15) is 13.2 Å². The van der Waals surface area contributed by atoms with Gasteiger partial charge >= 0.3 is 5.97 Å². The van der Waals surface area contributed by atoms with E-state index in [0.717, 1.165) is 5.57 Å². The first-order valence-electron chi connectivity index (χ1n) is 6.84. The first-order valence-corrected chi connectivity index (χ1v) is 8.28. The summed E-state index contributed by atoms with van der Waals surface area (Å²) < 4.78 is 32.0. The normalized spacial score (nSPS) is 16.7. The molecule has 0 spiro atoms. The highest BCUT2D eigenvalue weighted by Gasteiger charge is 2.30. The Morgan fingerprint density at radius 2 is 1.95 bits per heavy atom. The van der Waals surface area contributed by atoms with Crippen molar-refractivity contribution in [2.75, 3.05) is 20.2 Å². The van der Waals surface area contributed by atoms with Gasteiger partial charge < -0.3 is 9.84 Å². The summed E-state index contributed by atoms with van der Waals surface area (Å²) in [6, 6.07) is 3.79. The van der Waals surface area contributed by atoms with E-state index in [4.69, 9.17) is 9.84 Å². The summed E-state index contributed by atoms with van der Waals surface area (Å²) >= 11 is 0. The third kappa shape index (κ3) is 3.00. The average Bonchev–Trinajstić information content (AvgIpc) is 2.49. The lowest BCUT2D eigenvalue weighted by Crippen LogP contribution is -2.36. The van der Waals surface area contributed by atoms with Crippen molar-refractivity contribution in [1.29, 1.82) is 0 Å². The van der Waals surface area contributed by atoms with Gasteiger partial charge in [-0.3, -0.25) is 0 Å². The van der Waals surface area contributed by atoms with Crippen molar-refractivity contribution in [2.24, 2.45) is 0 Å². The summed E-state index contributed by atoms with van der Waals surface area (Å²) in [6.07, 6.45) is 0.695. The van der Waals surface area contributed by atoms with Gasteiger partial charge in [-0.1, -0.05) is 11.1 Å². The second-order valence-corrected chi connectivity index (χ2v) is 7.23. The van der Waals surface area contributed by atoms with Crippen molar-refractivity contribution in [2.45, 2.75) is 25.2 Å². The van der Waals surface area contributed by atoms with Crippen molar-refractivity contribution >= 4 is 16.0 Å². The van der Waals surface area contributed by atoms with Crippen molar-refractivity contribution in [1.82, 2.24) is 4.31 Å². The highest BCUT2D eigenvalue weighted by molar-refractivity contribution is 7.89. The number of methoxy groups -OCH3 is 1. The minimum atomic E-state index is -3.72. The van der Waals surface area contributed by atoms with Gasteiger partial charge in [-0.25, -0.2) is 13.2 Å². The van der Waals surface area contributed by atoms with Gasteiger partial charge in [0.1, 0.15) is 10.6 Å². The van der Waals surface area contributed by atoms with Crippen LogP contribution in [0.4, 0.5) is 0 Å². The van der Waals surface area contributed by atoms with E-state index < -0.39 is 16.0 Å². The van der Waals surface area contributed by atoms with Gasteiger partial charge in [0.2, 0.25) is 10.0 Å². The third-order valence-electron chi connectivity index (χ3n) is 3.91. The number of nitrogens with zero attached hydrogens (tertiary/aromatic N) is 1. The Kier molecular flexibility index (Phi) is 4.58. The Morgan fingerprint density at radius 3 is 2.50 bits per heavy atom. The smallest absolute Gasteiger partial charge is 0.335 e. The standard InChI is InChI=1S/C15H19NO5S/c1-10-6-7-16(9-11(10)2)22(19,20)14-5-4-12(15(17)18)8-13(14)21-3/h4-5,8H,6-7,9H2,1-3H3,(H,17,18). The van der Waals surface area contributed by atoms with E-state index in [1.54, 1.807) is 0 Å². The monoisotopic (exact) mass is 325 g/mol. The SMILES string of the molecule is COc1cc(C(=O)O)ccc1S(=O)(=O)N1CCC(C)=C(C)C1. The highest BCUT2D eigenvalue weighted by atomic mass is 32.2. The maximum absolute atomic E-state index is 12.8. The molecule has 6 nitrogen and oxygen atoms in total. The molecular formula is C15H19NO5S. The van der Waals surface area contributed by atoms with E-state index in [2.05, 4.69) is 0 Å². The molecule has 2 rings (SSSR count). The van der Waals surface area contributed by atoms with Crippen molar-refractivity contribution in [3.63, 3.8) is 0 Å². The predicted molar refractivity (Wildman–Crippen MR) is 81.7 cm³/mol. The molecular weight excluding hydrogens is 306 g/mol. The van der Waals surface area contributed by atoms with E-state index in [0.29, 0.717) is 19.5 Å². The number of carboxylic acid groups (broad SMARTS) is 1. The summed E-state index contributed by atoms with van der Waals surface area (Å²) in [5.41, 5.74) is 2.23. The van der Waals surface area contributed by atoms with Crippen LogP contribution in [0.1, 0.15) is 30.6 Å². The molecule has 1 aliphatic rings. The molecule has 1 N–H and O–H groups in total. The predicted octanol–water partition coefficient (Wildman–Crippen LogP) is 2.12.